The van der Waals surface area contributed by atoms with Crippen LogP contribution in [0.3, 0.4) is 0 Å². The molecule has 1 aromatic carbocycles. The molecule has 0 fully saturated rings. The van der Waals surface area contributed by atoms with Gasteiger partial charge < -0.3 is 10.1 Å². The van der Waals surface area contributed by atoms with Gasteiger partial charge in [0, 0.05) is 11.8 Å². The number of rotatable bonds is 3. The van der Waals surface area contributed by atoms with E-state index in [9.17, 15) is 18.5 Å². The van der Waals surface area contributed by atoms with Crippen molar-refractivity contribution in [1.82, 2.24) is 9.55 Å². The van der Waals surface area contributed by atoms with Crippen LogP contribution in [0.1, 0.15) is 0 Å². The molecule has 0 N–H and O–H groups in total. The van der Waals surface area contributed by atoms with Crippen molar-refractivity contribution < 1.29 is 13.3 Å². The summed E-state index contributed by atoms with van der Waals surface area (Å²) >= 11 is 0. The highest BCUT2D eigenvalue weighted by molar-refractivity contribution is 7.90. The Hall–Kier alpha value is -2.22. The molecule has 100 valence electrons. The Bertz CT molecular complexity index is 732. The lowest BCUT2D eigenvalue weighted by molar-refractivity contribution is -0.391. The first-order chi connectivity index (χ1) is 8.80. The van der Waals surface area contributed by atoms with Gasteiger partial charge in [0.2, 0.25) is 5.82 Å². The summed E-state index contributed by atoms with van der Waals surface area (Å²) in [6.45, 7) is 0. The lowest BCUT2D eigenvalue weighted by atomic mass is 10.2. The van der Waals surface area contributed by atoms with Crippen LogP contribution in [0.25, 0.3) is 11.4 Å². The van der Waals surface area contributed by atoms with Crippen molar-refractivity contribution in [3.63, 3.8) is 0 Å². The van der Waals surface area contributed by atoms with Crippen molar-refractivity contribution in [3.05, 3.63) is 40.6 Å². The molecule has 1 aromatic heterocycles. The minimum atomic E-state index is -3.26. The van der Waals surface area contributed by atoms with E-state index < -0.39 is 14.8 Å². The number of nitrogens with zero attached hydrogens (tertiary/aromatic N) is 3. The Morgan fingerprint density at radius 3 is 2.26 bits per heavy atom. The Kier molecular flexibility index (Phi) is 3.11. The highest BCUT2D eigenvalue weighted by atomic mass is 32.2. The molecule has 19 heavy (non-hydrogen) atoms. The molecule has 0 atom stereocenters. The van der Waals surface area contributed by atoms with Crippen molar-refractivity contribution in [2.45, 2.75) is 4.90 Å². The third-order valence-electron chi connectivity index (χ3n) is 2.69. The van der Waals surface area contributed by atoms with Gasteiger partial charge in [-0.15, -0.1) is 0 Å². The number of hydrogen-bond donors (Lipinski definition) is 0. The van der Waals surface area contributed by atoms with E-state index in [1.807, 2.05) is 0 Å². The molecule has 2 aromatic rings. The summed E-state index contributed by atoms with van der Waals surface area (Å²) in [5.74, 6) is 0.286. The van der Waals surface area contributed by atoms with Crippen LogP contribution in [-0.2, 0) is 16.9 Å². The molecule has 0 saturated heterocycles. The van der Waals surface area contributed by atoms with Gasteiger partial charge in [-0.2, -0.15) is 0 Å². The van der Waals surface area contributed by atoms with Crippen LogP contribution in [0.2, 0.25) is 0 Å². The third-order valence-corrected chi connectivity index (χ3v) is 3.82. The molecule has 0 unspecified atom stereocenters. The van der Waals surface area contributed by atoms with Crippen molar-refractivity contribution in [1.29, 1.82) is 0 Å². The summed E-state index contributed by atoms with van der Waals surface area (Å²) in [4.78, 5) is 14.4. The van der Waals surface area contributed by atoms with Crippen LogP contribution in [0, 0.1) is 10.1 Å². The van der Waals surface area contributed by atoms with E-state index in [4.69, 9.17) is 0 Å². The minimum absolute atomic E-state index is 0.123. The highest BCUT2D eigenvalue weighted by Crippen LogP contribution is 2.23. The molecule has 0 aliphatic rings. The molecule has 7 nitrogen and oxygen atoms in total. The molecule has 0 aliphatic carbocycles. The first-order valence-electron chi connectivity index (χ1n) is 5.27. The maximum absolute atomic E-state index is 11.3. The fourth-order valence-electron chi connectivity index (χ4n) is 1.69. The second kappa shape index (κ2) is 4.47. The van der Waals surface area contributed by atoms with Crippen molar-refractivity contribution >= 4 is 15.7 Å². The second-order valence-corrected chi connectivity index (χ2v) is 6.07. The molecule has 0 radical (unpaired) electrons. The molecule has 0 saturated carbocycles. The molecule has 0 aliphatic heterocycles. The topological polar surface area (TPSA) is 95.1 Å². The summed E-state index contributed by atoms with van der Waals surface area (Å²) in [5.41, 5.74) is 0.614. The van der Waals surface area contributed by atoms with Crippen molar-refractivity contribution in [2.75, 3.05) is 6.26 Å². The van der Waals surface area contributed by atoms with E-state index in [1.165, 1.54) is 29.9 Å². The smallest absolute Gasteiger partial charge is 0.342 e. The number of imidazole rings is 1. The fraction of sp³-hybridized carbons (Fsp3) is 0.182. The normalized spacial score (nSPS) is 11.5. The Labute approximate surface area is 109 Å². The molecule has 8 heteroatoms. The molecule has 0 amide bonds. The summed E-state index contributed by atoms with van der Waals surface area (Å²) in [6.07, 6.45) is 2.29. The Morgan fingerprint density at radius 1 is 1.26 bits per heavy atom. The first kappa shape index (κ1) is 13.2. The zero-order valence-electron chi connectivity index (χ0n) is 10.3. The van der Waals surface area contributed by atoms with Gasteiger partial charge in [0.1, 0.15) is 6.20 Å². The van der Waals surface area contributed by atoms with Crippen molar-refractivity contribution in [2.24, 2.45) is 7.05 Å². The number of aromatic nitrogens is 2. The van der Waals surface area contributed by atoms with E-state index in [0.717, 1.165) is 6.26 Å². The van der Waals surface area contributed by atoms with E-state index in [0.29, 0.717) is 11.4 Å². The fourth-order valence-corrected chi connectivity index (χ4v) is 2.32. The maximum atomic E-state index is 11.3. The first-order valence-corrected chi connectivity index (χ1v) is 7.16. The zero-order chi connectivity index (χ0) is 14.2. The number of nitro groups is 1. The molecule has 2 rings (SSSR count). The predicted molar refractivity (Wildman–Crippen MR) is 68.4 cm³/mol. The molecule has 0 bridgehead atoms. The molecular weight excluding hydrogens is 270 g/mol. The summed E-state index contributed by atoms with van der Waals surface area (Å²) in [5, 5.41) is 10.7. The monoisotopic (exact) mass is 281 g/mol. The number of sulfone groups is 1. The number of hydrogen-bond acceptors (Lipinski definition) is 5. The van der Waals surface area contributed by atoms with Gasteiger partial charge in [-0.3, -0.25) is 0 Å². The van der Waals surface area contributed by atoms with E-state index in [1.54, 1.807) is 12.1 Å². The van der Waals surface area contributed by atoms with Crippen LogP contribution >= 0.6 is 0 Å². The predicted octanol–water partition coefficient (Wildman–Crippen LogP) is 1.40. The van der Waals surface area contributed by atoms with Crippen LogP contribution in [0.4, 0.5) is 5.82 Å². The SMILES string of the molecule is Cn1c([N+](=O)[O-])cnc1-c1ccc(S(C)(=O)=O)cc1. The van der Waals surface area contributed by atoms with Crippen LogP contribution in [0.5, 0.6) is 0 Å². The second-order valence-electron chi connectivity index (χ2n) is 4.05. The molecule has 1 heterocycles. The zero-order valence-corrected chi connectivity index (χ0v) is 11.1. The molecule has 0 spiro atoms. The van der Waals surface area contributed by atoms with E-state index >= 15 is 0 Å². The van der Waals surface area contributed by atoms with E-state index in [2.05, 4.69) is 4.98 Å². The van der Waals surface area contributed by atoms with Gasteiger partial charge in [-0.25, -0.2) is 18.0 Å². The van der Waals surface area contributed by atoms with Gasteiger partial charge in [-0.1, -0.05) is 0 Å². The molecular formula is C11H11N3O4S. The Morgan fingerprint density at radius 2 is 1.84 bits per heavy atom. The van der Waals surface area contributed by atoms with Crippen LogP contribution < -0.4 is 0 Å². The van der Waals surface area contributed by atoms with Crippen molar-refractivity contribution in [3.8, 4) is 11.4 Å². The number of benzene rings is 1. The largest absolute Gasteiger partial charge is 0.358 e. The van der Waals surface area contributed by atoms with E-state index in [-0.39, 0.29) is 10.7 Å². The van der Waals surface area contributed by atoms with Gasteiger partial charge in [0.15, 0.2) is 9.84 Å². The summed E-state index contributed by atoms with van der Waals surface area (Å²) in [7, 11) is -1.72. The third kappa shape index (κ3) is 2.48. The lowest BCUT2D eigenvalue weighted by Gasteiger charge is -2.01. The highest BCUT2D eigenvalue weighted by Gasteiger charge is 2.18. The van der Waals surface area contributed by atoms with Gasteiger partial charge in [-0.05, 0) is 29.2 Å². The average Bonchev–Trinajstić information content (AvgIpc) is 2.70. The van der Waals surface area contributed by atoms with Crippen LogP contribution in [0.15, 0.2) is 35.4 Å². The van der Waals surface area contributed by atoms with Gasteiger partial charge in [0.25, 0.3) is 0 Å². The summed E-state index contributed by atoms with van der Waals surface area (Å²) < 4.78 is 24.0. The van der Waals surface area contributed by atoms with Gasteiger partial charge >= 0.3 is 5.82 Å². The minimum Gasteiger partial charge on any atom is -0.358 e. The Balaban J connectivity index is 2.46. The maximum Gasteiger partial charge on any atom is 0.342 e. The lowest BCUT2D eigenvalue weighted by Crippen LogP contribution is -2.00. The van der Waals surface area contributed by atoms with Crippen LogP contribution in [-0.4, -0.2) is 29.1 Å². The van der Waals surface area contributed by atoms with Gasteiger partial charge in [0.05, 0.1) is 11.9 Å². The standard InChI is InChI=1S/C11H11N3O4S/c1-13-10(14(15)16)7-12-11(13)8-3-5-9(6-4-8)19(2,17)18/h3-7H,1-2H3. The average molecular weight is 281 g/mol. The summed E-state index contributed by atoms with van der Waals surface area (Å²) in [6, 6.07) is 6.04. The quantitative estimate of drug-likeness (QED) is 0.626.